The summed E-state index contributed by atoms with van der Waals surface area (Å²) in [5, 5.41) is 6.85. The van der Waals surface area contributed by atoms with Gasteiger partial charge in [0.1, 0.15) is 0 Å². The quantitative estimate of drug-likeness (QED) is 0.208. The van der Waals surface area contributed by atoms with Crippen LogP contribution < -0.4 is 10.6 Å². The summed E-state index contributed by atoms with van der Waals surface area (Å²) >= 11 is 0. The van der Waals surface area contributed by atoms with Crippen LogP contribution in [0.25, 0.3) is 0 Å². The first-order chi connectivity index (χ1) is 14.2. The third-order valence-electron chi connectivity index (χ3n) is 5.64. The molecule has 2 rings (SSSR count). The molecule has 1 heterocycles. The van der Waals surface area contributed by atoms with Crippen molar-refractivity contribution in [3.63, 3.8) is 0 Å². The van der Waals surface area contributed by atoms with E-state index in [1.165, 1.54) is 0 Å². The van der Waals surface area contributed by atoms with Crippen LogP contribution in [0, 0.1) is 0 Å². The second kappa shape index (κ2) is 13.5. The third kappa shape index (κ3) is 9.95. The molecule has 0 aliphatic carbocycles. The Morgan fingerprint density at radius 1 is 1.23 bits per heavy atom. The monoisotopic (exact) mass is 555 g/mol. The summed E-state index contributed by atoms with van der Waals surface area (Å²) < 4.78 is 38.1. The van der Waals surface area contributed by atoms with E-state index in [-0.39, 0.29) is 30.0 Å². The highest BCUT2D eigenvalue weighted by molar-refractivity contribution is 14.0. The minimum atomic E-state index is -4.28. The lowest BCUT2D eigenvalue weighted by Gasteiger charge is -2.21. The first-order valence-electron chi connectivity index (χ1n) is 10.7. The van der Waals surface area contributed by atoms with Crippen molar-refractivity contribution in [3.05, 3.63) is 35.4 Å². The standard InChI is InChI=1S/C22H36F3N5.HI/c1-17(2)29(4)13-6-5-12-27-21(26-3)28-20-11-14-30(16-20)15-18-7-9-19(10-8-18)22(23,24)25;/h7-10,17,20H,5-6,11-16H2,1-4H3,(H2,26,27,28);1H. The first-order valence-corrected chi connectivity index (χ1v) is 10.7. The molecule has 178 valence electrons. The van der Waals surface area contributed by atoms with Gasteiger partial charge in [-0.15, -0.1) is 24.0 Å². The molecule has 2 N–H and O–H groups in total. The summed E-state index contributed by atoms with van der Waals surface area (Å²) in [6.45, 7) is 8.79. The molecular weight excluding hydrogens is 518 g/mol. The average molecular weight is 555 g/mol. The van der Waals surface area contributed by atoms with Crippen molar-refractivity contribution in [2.75, 3.05) is 40.3 Å². The van der Waals surface area contributed by atoms with E-state index in [0.717, 1.165) is 69.1 Å². The number of hydrogen-bond acceptors (Lipinski definition) is 3. The zero-order valence-electron chi connectivity index (χ0n) is 19.0. The lowest BCUT2D eigenvalue weighted by molar-refractivity contribution is -0.137. The largest absolute Gasteiger partial charge is 0.416 e. The van der Waals surface area contributed by atoms with E-state index in [9.17, 15) is 13.2 Å². The molecule has 9 heteroatoms. The second-order valence-electron chi connectivity index (χ2n) is 8.34. The lowest BCUT2D eigenvalue weighted by atomic mass is 10.1. The molecule has 5 nitrogen and oxygen atoms in total. The van der Waals surface area contributed by atoms with Crippen molar-refractivity contribution in [2.24, 2.45) is 4.99 Å². The molecule has 1 aromatic carbocycles. The van der Waals surface area contributed by atoms with E-state index < -0.39 is 11.7 Å². The molecule has 1 aliphatic rings. The zero-order chi connectivity index (χ0) is 22.1. The Morgan fingerprint density at radius 3 is 2.48 bits per heavy atom. The molecule has 0 amide bonds. The van der Waals surface area contributed by atoms with Crippen LogP contribution in [-0.2, 0) is 12.7 Å². The fourth-order valence-electron chi connectivity index (χ4n) is 3.49. The van der Waals surface area contributed by atoms with Crippen molar-refractivity contribution >= 4 is 29.9 Å². The van der Waals surface area contributed by atoms with Gasteiger partial charge in [-0.25, -0.2) is 0 Å². The van der Waals surface area contributed by atoms with E-state index in [1.54, 1.807) is 19.2 Å². The zero-order valence-corrected chi connectivity index (χ0v) is 21.3. The molecule has 0 bridgehead atoms. The number of hydrogen-bond donors (Lipinski definition) is 2. The van der Waals surface area contributed by atoms with Crippen molar-refractivity contribution in [2.45, 2.75) is 57.9 Å². The van der Waals surface area contributed by atoms with Gasteiger partial charge in [-0.2, -0.15) is 13.2 Å². The number of aliphatic imine (C=N–C) groups is 1. The number of nitrogens with one attached hydrogen (secondary N) is 2. The van der Waals surface area contributed by atoms with Gasteiger partial charge in [-0.1, -0.05) is 12.1 Å². The van der Waals surface area contributed by atoms with Gasteiger partial charge in [0.15, 0.2) is 5.96 Å². The Bertz CT molecular complexity index is 664. The number of benzene rings is 1. The van der Waals surface area contributed by atoms with E-state index in [4.69, 9.17) is 0 Å². The highest BCUT2D eigenvalue weighted by Gasteiger charge is 2.30. The molecule has 1 unspecified atom stereocenters. The maximum atomic E-state index is 12.7. The Balaban J connectivity index is 0.00000480. The van der Waals surface area contributed by atoms with Crippen molar-refractivity contribution in [3.8, 4) is 0 Å². The van der Waals surface area contributed by atoms with Crippen LogP contribution in [0.3, 0.4) is 0 Å². The minimum absolute atomic E-state index is 0. The van der Waals surface area contributed by atoms with Crippen LogP contribution >= 0.6 is 24.0 Å². The molecular formula is C22H37F3IN5. The summed E-state index contributed by atoms with van der Waals surface area (Å²) in [7, 11) is 3.92. The Hall–Kier alpha value is -1.07. The van der Waals surface area contributed by atoms with Gasteiger partial charge in [0.25, 0.3) is 0 Å². The maximum Gasteiger partial charge on any atom is 0.416 e. The summed E-state index contributed by atoms with van der Waals surface area (Å²) in [5.41, 5.74) is 0.301. The summed E-state index contributed by atoms with van der Waals surface area (Å²) in [6.07, 6.45) is -1.07. The number of halogens is 4. The molecule has 0 saturated carbocycles. The highest BCUT2D eigenvalue weighted by Crippen LogP contribution is 2.29. The fraction of sp³-hybridized carbons (Fsp3) is 0.682. The second-order valence-corrected chi connectivity index (χ2v) is 8.34. The predicted octanol–water partition coefficient (Wildman–Crippen LogP) is 4.18. The first kappa shape index (κ1) is 28.0. The molecule has 0 aromatic heterocycles. The normalized spacial score (nSPS) is 17.8. The topological polar surface area (TPSA) is 42.9 Å². The summed E-state index contributed by atoms with van der Waals surface area (Å²) in [6, 6.07) is 6.32. The summed E-state index contributed by atoms with van der Waals surface area (Å²) in [4.78, 5) is 8.92. The molecule has 0 spiro atoms. The number of guanidine groups is 1. The molecule has 1 fully saturated rings. The van der Waals surface area contributed by atoms with Crippen LogP contribution in [0.4, 0.5) is 13.2 Å². The molecule has 1 saturated heterocycles. The molecule has 1 aliphatic heterocycles. The smallest absolute Gasteiger partial charge is 0.356 e. The van der Waals surface area contributed by atoms with Gasteiger partial charge in [-0.05, 0) is 64.4 Å². The number of likely N-dealkylation sites (tertiary alicyclic amines) is 1. The fourth-order valence-corrected chi connectivity index (χ4v) is 3.49. The Kier molecular flexibility index (Phi) is 12.2. The van der Waals surface area contributed by atoms with Crippen molar-refractivity contribution in [1.82, 2.24) is 20.4 Å². The van der Waals surface area contributed by atoms with Gasteiger partial charge in [0.2, 0.25) is 0 Å². The maximum absolute atomic E-state index is 12.7. The lowest BCUT2D eigenvalue weighted by Crippen LogP contribution is -2.44. The van der Waals surface area contributed by atoms with Crippen LogP contribution in [0.15, 0.2) is 29.3 Å². The number of rotatable bonds is 9. The SMILES string of the molecule is CN=C(NCCCCN(C)C(C)C)NC1CCN(Cc2ccc(C(F)(F)F)cc2)C1.I. The van der Waals surface area contributed by atoms with Crippen LogP contribution in [0.1, 0.15) is 44.2 Å². The number of alkyl halides is 3. The van der Waals surface area contributed by atoms with Gasteiger partial charge in [-0.3, -0.25) is 9.89 Å². The Morgan fingerprint density at radius 2 is 1.90 bits per heavy atom. The summed E-state index contributed by atoms with van der Waals surface area (Å²) in [5.74, 6) is 0.814. The van der Waals surface area contributed by atoms with Crippen LogP contribution in [0.2, 0.25) is 0 Å². The van der Waals surface area contributed by atoms with Gasteiger partial charge in [0.05, 0.1) is 5.56 Å². The molecule has 1 atom stereocenters. The Labute approximate surface area is 201 Å². The van der Waals surface area contributed by atoms with Gasteiger partial charge < -0.3 is 15.5 Å². The van der Waals surface area contributed by atoms with E-state index in [2.05, 4.69) is 46.3 Å². The average Bonchev–Trinajstić information content (AvgIpc) is 3.13. The van der Waals surface area contributed by atoms with Crippen molar-refractivity contribution < 1.29 is 13.2 Å². The van der Waals surface area contributed by atoms with Crippen molar-refractivity contribution in [1.29, 1.82) is 0 Å². The van der Waals surface area contributed by atoms with E-state index in [1.807, 2.05) is 0 Å². The van der Waals surface area contributed by atoms with Gasteiger partial charge in [0, 0.05) is 45.3 Å². The third-order valence-corrected chi connectivity index (χ3v) is 5.64. The molecule has 31 heavy (non-hydrogen) atoms. The predicted molar refractivity (Wildman–Crippen MR) is 132 cm³/mol. The number of nitrogens with zero attached hydrogens (tertiary/aromatic N) is 3. The number of unbranched alkanes of at least 4 members (excludes halogenated alkanes) is 1. The van der Waals surface area contributed by atoms with Crippen LogP contribution in [-0.4, -0.2) is 68.1 Å². The van der Waals surface area contributed by atoms with E-state index in [0.29, 0.717) is 12.6 Å². The van der Waals surface area contributed by atoms with Gasteiger partial charge >= 0.3 is 6.18 Å². The van der Waals surface area contributed by atoms with E-state index >= 15 is 0 Å². The minimum Gasteiger partial charge on any atom is -0.356 e. The highest BCUT2D eigenvalue weighted by atomic mass is 127. The van der Waals surface area contributed by atoms with Crippen LogP contribution in [0.5, 0.6) is 0 Å². The molecule has 0 radical (unpaired) electrons. The molecule has 1 aromatic rings.